The van der Waals surface area contributed by atoms with Crippen LogP contribution in [0.2, 0.25) is 0 Å². The summed E-state index contributed by atoms with van der Waals surface area (Å²) in [6, 6.07) is 8.78. The quantitative estimate of drug-likeness (QED) is 0.781. The summed E-state index contributed by atoms with van der Waals surface area (Å²) >= 11 is 0. The van der Waals surface area contributed by atoms with Gasteiger partial charge in [-0.25, -0.2) is 0 Å². The second-order valence-electron chi connectivity index (χ2n) is 5.57. The maximum Gasteiger partial charge on any atom is 0.0383 e. The van der Waals surface area contributed by atoms with E-state index in [0.29, 0.717) is 5.92 Å². The summed E-state index contributed by atoms with van der Waals surface area (Å²) in [5.41, 5.74) is 8.91. The molecule has 1 aromatic rings. The van der Waals surface area contributed by atoms with Gasteiger partial charge in [0.05, 0.1) is 0 Å². The predicted octanol–water partition coefficient (Wildman–Crippen LogP) is 4.25. The fourth-order valence-electron chi connectivity index (χ4n) is 2.56. The summed E-state index contributed by atoms with van der Waals surface area (Å²) in [6.45, 7) is 8.87. The van der Waals surface area contributed by atoms with Crippen molar-refractivity contribution in [3.63, 3.8) is 0 Å². The molecule has 17 heavy (non-hydrogen) atoms. The third-order valence-corrected chi connectivity index (χ3v) is 3.58. The lowest BCUT2D eigenvalue weighted by atomic mass is 9.82. The van der Waals surface area contributed by atoms with Crippen LogP contribution in [0.15, 0.2) is 24.3 Å². The summed E-state index contributed by atoms with van der Waals surface area (Å²) in [5, 5.41) is 0. The van der Waals surface area contributed by atoms with Gasteiger partial charge in [-0.15, -0.1) is 0 Å². The lowest BCUT2D eigenvalue weighted by Crippen LogP contribution is -2.34. The van der Waals surface area contributed by atoms with E-state index in [2.05, 4.69) is 52.0 Å². The zero-order chi connectivity index (χ0) is 12.9. The van der Waals surface area contributed by atoms with E-state index in [-0.39, 0.29) is 5.54 Å². The molecule has 1 heteroatoms. The average molecular weight is 233 g/mol. The summed E-state index contributed by atoms with van der Waals surface area (Å²) in [5.74, 6) is 0.695. The Morgan fingerprint density at radius 1 is 1.18 bits per heavy atom. The van der Waals surface area contributed by atoms with Crippen LogP contribution in [0.5, 0.6) is 0 Å². The molecule has 0 radical (unpaired) electrons. The van der Waals surface area contributed by atoms with Crippen molar-refractivity contribution >= 4 is 0 Å². The van der Waals surface area contributed by atoms with Crippen LogP contribution in [0.3, 0.4) is 0 Å². The third-order valence-electron chi connectivity index (χ3n) is 3.58. The van der Waals surface area contributed by atoms with Crippen molar-refractivity contribution < 1.29 is 0 Å². The minimum absolute atomic E-state index is 0.194. The molecule has 0 saturated carbocycles. The van der Waals surface area contributed by atoms with Crippen molar-refractivity contribution in [2.75, 3.05) is 0 Å². The molecule has 0 saturated heterocycles. The van der Waals surface area contributed by atoms with Gasteiger partial charge in [0.15, 0.2) is 0 Å². The van der Waals surface area contributed by atoms with Crippen molar-refractivity contribution in [1.29, 1.82) is 0 Å². The number of benzene rings is 1. The van der Waals surface area contributed by atoms with Crippen LogP contribution >= 0.6 is 0 Å². The molecule has 0 aliphatic carbocycles. The molecule has 0 heterocycles. The number of nitrogens with two attached hydrogens (primary N) is 1. The van der Waals surface area contributed by atoms with Gasteiger partial charge in [0.2, 0.25) is 0 Å². The normalized spacial score (nSPS) is 16.5. The van der Waals surface area contributed by atoms with Crippen LogP contribution in [0.4, 0.5) is 0 Å². The van der Waals surface area contributed by atoms with E-state index in [9.17, 15) is 0 Å². The molecular formula is C16H27N. The summed E-state index contributed by atoms with van der Waals surface area (Å²) in [4.78, 5) is 0. The van der Waals surface area contributed by atoms with Crippen molar-refractivity contribution in [2.24, 2.45) is 11.7 Å². The van der Waals surface area contributed by atoms with E-state index in [4.69, 9.17) is 5.73 Å². The molecule has 0 bridgehead atoms. The topological polar surface area (TPSA) is 26.0 Å². The number of rotatable bonds is 6. The van der Waals surface area contributed by atoms with Gasteiger partial charge in [-0.3, -0.25) is 0 Å². The van der Waals surface area contributed by atoms with Crippen LogP contribution in [0.1, 0.15) is 58.1 Å². The van der Waals surface area contributed by atoms with Crippen LogP contribution in [0, 0.1) is 5.92 Å². The van der Waals surface area contributed by atoms with E-state index in [0.717, 1.165) is 12.8 Å². The largest absolute Gasteiger partial charge is 0.322 e. The molecule has 0 amide bonds. The molecule has 96 valence electrons. The predicted molar refractivity (Wildman–Crippen MR) is 76.0 cm³/mol. The molecule has 1 nitrogen and oxygen atoms in total. The zero-order valence-electron chi connectivity index (χ0n) is 11.8. The minimum Gasteiger partial charge on any atom is -0.322 e. The molecule has 2 unspecified atom stereocenters. The van der Waals surface area contributed by atoms with Crippen LogP contribution in [-0.4, -0.2) is 0 Å². The number of hydrogen-bond acceptors (Lipinski definition) is 1. The van der Waals surface area contributed by atoms with Gasteiger partial charge in [0.1, 0.15) is 0 Å². The van der Waals surface area contributed by atoms with Gasteiger partial charge in [-0.05, 0) is 36.8 Å². The fraction of sp³-hybridized carbons (Fsp3) is 0.625. The summed E-state index contributed by atoms with van der Waals surface area (Å²) in [6.07, 6.45) is 4.66. The van der Waals surface area contributed by atoms with Crippen LogP contribution in [0.25, 0.3) is 0 Å². The molecule has 0 aliphatic rings. The maximum absolute atomic E-state index is 6.46. The fourth-order valence-corrected chi connectivity index (χ4v) is 2.56. The summed E-state index contributed by atoms with van der Waals surface area (Å²) in [7, 11) is 0. The second-order valence-corrected chi connectivity index (χ2v) is 5.57. The highest BCUT2D eigenvalue weighted by atomic mass is 14.7. The Bertz CT molecular complexity index is 324. The molecule has 0 aromatic heterocycles. The zero-order valence-corrected chi connectivity index (χ0v) is 11.8. The summed E-state index contributed by atoms with van der Waals surface area (Å²) < 4.78 is 0. The van der Waals surface area contributed by atoms with E-state index in [1.165, 1.54) is 24.0 Å². The number of aryl methyl sites for hydroxylation is 1. The molecule has 1 rings (SSSR count). The van der Waals surface area contributed by atoms with Gasteiger partial charge in [0.25, 0.3) is 0 Å². The molecule has 0 spiro atoms. The first-order valence-corrected chi connectivity index (χ1v) is 6.88. The highest BCUT2D eigenvalue weighted by molar-refractivity contribution is 5.27. The average Bonchev–Trinajstić information content (AvgIpc) is 2.28. The lowest BCUT2D eigenvalue weighted by molar-refractivity contribution is 0.346. The van der Waals surface area contributed by atoms with E-state index >= 15 is 0 Å². The van der Waals surface area contributed by atoms with Crippen LogP contribution < -0.4 is 5.73 Å². The van der Waals surface area contributed by atoms with Crippen molar-refractivity contribution in [2.45, 2.75) is 58.9 Å². The molecule has 2 atom stereocenters. The van der Waals surface area contributed by atoms with E-state index in [1.807, 2.05) is 0 Å². The van der Waals surface area contributed by atoms with Gasteiger partial charge in [-0.2, -0.15) is 0 Å². The lowest BCUT2D eigenvalue weighted by Gasteiger charge is -2.28. The number of hydrogen-bond donors (Lipinski definition) is 1. The second kappa shape index (κ2) is 6.20. The van der Waals surface area contributed by atoms with E-state index < -0.39 is 0 Å². The van der Waals surface area contributed by atoms with Gasteiger partial charge in [-0.1, -0.05) is 57.9 Å². The Hall–Kier alpha value is -0.820. The Morgan fingerprint density at radius 2 is 1.76 bits per heavy atom. The highest BCUT2D eigenvalue weighted by Gasteiger charge is 2.23. The Labute approximate surface area is 106 Å². The molecule has 0 aliphatic heterocycles. The monoisotopic (exact) mass is 233 g/mol. The van der Waals surface area contributed by atoms with Crippen molar-refractivity contribution in [3.8, 4) is 0 Å². The Morgan fingerprint density at radius 3 is 2.24 bits per heavy atom. The molecular weight excluding hydrogens is 206 g/mol. The Kier molecular flexibility index (Phi) is 5.20. The first-order valence-electron chi connectivity index (χ1n) is 6.88. The molecule has 0 fully saturated rings. The van der Waals surface area contributed by atoms with Crippen LogP contribution in [-0.2, 0) is 12.0 Å². The van der Waals surface area contributed by atoms with Gasteiger partial charge in [0, 0.05) is 5.54 Å². The van der Waals surface area contributed by atoms with Crippen molar-refractivity contribution in [1.82, 2.24) is 0 Å². The SMILES string of the molecule is CCCC(C)CC(C)(N)c1ccc(CC)cc1. The Balaban J connectivity index is 2.73. The first kappa shape index (κ1) is 14.2. The van der Waals surface area contributed by atoms with E-state index in [1.54, 1.807) is 0 Å². The highest BCUT2D eigenvalue weighted by Crippen LogP contribution is 2.27. The maximum atomic E-state index is 6.46. The van der Waals surface area contributed by atoms with Gasteiger partial charge < -0.3 is 5.73 Å². The third kappa shape index (κ3) is 4.16. The van der Waals surface area contributed by atoms with Gasteiger partial charge >= 0.3 is 0 Å². The molecule has 2 N–H and O–H groups in total. The minimum atomic E-state index is -0.194. The van der Waals surface area contributed by atoms with Crippen molar-refractivity contribution in [3.05, 3.63) is 35.4 Å². The standard InChI is InChI=1S/C16H27N/c1-5-7-13(3)12-16(4,17)15-10-8-14(6-2)9-11-15/h8-11,13H,5-7,12,17H2,1-4H3. The first-order chi connectivity index (χ1) is 7.99. The smallest absolute Gasteiger partial charge is 0.0383 e. The molecule has 1 aromatic carbocycles.